The van der Waals surface area contributed by atoms with Crippen molar-refractivity contribution < 1.29 is 33.6 Å². The molecule has 1 N–H and O–H groups in total. The molecule has 1 fully saturated rings. The van der Waals surface area contributed by atoms with E-state index in [1.807, 2.05) is 19.1 Å². The Kier molecular flexibility index (Phi) is 6.77. The van der Waals surface area contributed by atoms with Crippen molar-refractivity contribution in [3.63, 3.8) is 0 Å². The summed E-state index contributed by atoms with van der Waals surface area (Å²) < 4.78 is 23.2. The molecule has 0 unspecified atom stereocenters. The highest BCUT2D eigenvalue weighted by molar-refractivity contribution is 7.22. The molecule has 0 saturated carbocycles. The van der Waals surface area contributed by atoms with Crippen LogP contribution in [0.2, 0.25) is 0 Å². The largest absolute Gasteiger partial charge is 0.507 e. The van der Waals surface area contributed by atoms with Crippen molar-refractivity contribution >= 4 is 44.1 Å². The number of aliphatic hydroxyl groups excluding tert-OH is 1. The first-order valence-corrected chi connectivity index (χ1v) is 13.7. The topological polar surface area (TPSA) is 107 Å². The second-order valence-electron chi connectivity index (χ2n) is 9.28. The van der Waals surface area contributed by atoms with Gasteiger partial charge < -0.3 is 24.1 Å². The average molecular weight is 559 g/mol. The van der Waals surface area contributed by atoms with E-state index in [4.69, 9.17) is 18.9 Å². The summed E-state index contributed by atoms with van der Waals surface area (Å²) in [5, 5.41) is 11.9. The van der Waals surface area contributed by atoms with Crippen LogP contribution in [-0.2, 0) is 9.59 Å². The Morgan fingerprint density at radius 1 is 1.05 bits per heavy atom. The van der Waals surface area contributed by atoms with Gasteiger partial charge >= 0.3 is 5.91 Å². The van der Waals surface area contributed by atoms with E-state index >= 15 is 0 Å². The molecule has 0 aliphatic carbocycles. The third kappa shape index (κ3) is 4.50. The van der Waals surface area contributed by atoms with E-state index in [1.165, 1.54) is 16.2 Å². The third-order valence-corrected chi connectivity index (χ3v) is 7.71. The van der Waals surface area contributed by atoms with Crippen LogP contribution in [0, 0.1) is 0 Å². The molecule has 1 atom stereocenters. The Labute approximate surface area is 234 Å². The molecule has 10 heteroatoms. The number of Topliss-reactive ketones (excluding diaryl/α,β-unsaturated/α-hetero) is 1. The van der Waals surface area contributed by atoms with E-state index in [9.17, 15) is 14.7 Å². The summed E-state index contributed by atoms with van der Waals surface area (Å²) in [6.07, 6.45) is 0.821. The number of benzene rings is 3. The standard InChI is InChI=1S/C30H26N2O7S/c1-3-11-37-20-6-4-5-17(14-20)26-25(27(33)18-7-10-22-23(15-18)39-13-12-38-22)28(34)29(35)32(26)30-31-21-9-8-19(36-2)16-24(21)40-30/h4-10,14-16,26,33H,3,11-13H2,1-2H3/b27-25+/t26-/m0/s1. The third-order valence-electron chi connectivity index (χ3n) is 6.70. The predicted octanol–water partition coefficient (Wildman–Crippen LogP) is 5.49. The molecule has 2 aliphatic heterocycles. The number of amides is 1. The molecule has 0 radical (unpaired) electrons. The van der Waals surface area contributed by atoms with E-state index in [2.05, 4.69) is 4.98 Å². The lowest BCUT2D eigenvalue weighted by Crippen LogP contribution is -2.29. The van der Waals surface area contributed by atoms with Crippen LogP contribution in [0.15, 0.2) is 66.2 Å². The lowest BCUT2D eigenvalue weighted by Gasteiger charge is -2.23. The number of hydrogen-bond donors (Lipinski definition) is 1. The fourth-order valence-corrected chi connectivity index (χ4v) is 5.83. The molecule has 40 heavy (non-hydrogen) atoms. The maximum atomic E-state index is 13.6. The van der Waals surface area contributed by atoms with Crippen molar-refractivity contribution in [2.24, 2.45) is 0 Å². The van der Waals surface area contributed by atoms with Gasteiger partial charge in [0.1, 0.15) is 30.5 Å². The molecule has 1 aromatic heterocycles. The fourth-order valence-electron chi connectivity index (χ4n) is 4.81. The molecule has 204 valence electrons. The van der Waals surface area contributed by atoms with E-state index in [0.717, 1.165) is 11.1 Å². The summed E-state index contributed by atoms with van der Waals surface area (Å²) in [6.45, 7) is 3.32. The van der Waals surface area contributed by atoms with Crippen LogP contribution >= 0.6 is 11.3 Å². The van der Waals surface area contributed by atoms with Crippen molar-refractivity contribution in [1.82, 2.24) is 4.98 Å². The smallest absolute Gasteiger partial charge is 0.301 e. The fraction of sp³-hybridized carbons (Fsp3) is 0.233. The second-order valence-corrected chi connectivity index (χ2v) is 10.3. The number of methoxy groups -OCH3 is 1. The lowest BCUT2D eigenvalue weighted by molar-refractivity contribution is -0.132. The van der Waals surface area contributed by atoms with Crippen LogP contribution in [0.3, 0.4) is 0 Å². The summed E-state index contributed by atoms with van der Waals surface area (Å²) >= 11 is 1.26. The van der Waals surface area contributed by atoms with Gasteiger partial charge in [0.15, 0.2) is 16.6 Å². The summed E-state index contributed by atoms with van der Waals surface area (Å²) in [7, 11) is 1.58. The molecule has 1 saturated heterocycles. The van der Waals surface area contributed by atoms with Gasteiger partial charge in [-0.1, -0.05) is 30.4 Å². The van der Waals surface area contributed by atoms with E-state index < -0.39 is 17.7 Å². The maximum Gasteiger partial charge on any atom is 0.301 e. The molecule has 6 rings (SSSR count). The maximum absolute atomic E-state index is 13.6. The van der Waals surface area contributed by atoms with Gasteiger partial charge in [0.2, 0.25) is 0 Å². The normalized spacial score (nSPS) is 17.9. The molecule has 3 heterocycles. The lowest BCUT2D eigenvalue weighted by atomic mass is 9.95. The van der Waals surface area contributed by atoms with Crippen molar-refractivity contribution in [2.75, 3.05) is 31.8 Å². The van der Waals surface area contributed by atoms with Crippen LogP contribution in [0.5, 0.6) is 23.0 Å². The van der Waals surface area contributed by atoms with Crippen LogP contribution in [0.1, 0.15) is 30.5 Å². The van der Waals surface area contributed by atoms with Gasteiger partial charge in [0.05, 0.1) is 35.5 Å². The van der Waals surface area contributed by atoms with Gasteiger partial charge in [-0.2, -0.15) is 0 Å². The van der Waals surface area contributed by atoms with Gasteiger partial charge in [-0.25, -0.2) is 4.98 Å². The monoisotopic (exact) mass is 558 g/mol. The minimum atomic E-state index is -0.944. The number of aliphatic hydroxyl groups is 1. The van der Waals surface area contributed by atoms with Gasteiger partial charge in [0, 0.05) is 5.56 Å². The highest BCUT2D eigenvalue weighted by Gasteiger charge is 2.48. The van der Waals surface area contributed by atoms with Crippen molar-refractivity contribution in [1.29, 1.82) is 0 Å². The summed E-state index contributed by atoms with van der Waals surface area (Å²) in [5.41, 5.74) is 1.54. The molecule has 3 aromatic carbocycles. The Hall–Kier alpha value is -4.57. The quantitative estimate of drug-likeness (QED) is 0.180. The summed E-state index contributed by atoms with van der Waals surface area (Å²) in [5.74, 6) is 0.343. The van der Waals surface area contributed by atoms with E-state index in [1.54, 1.807) is 55.6 Å². The molecule has 9 nitrogen and oxygen atoms in total. The number of thiazole rings is 1. The van der Waals surface area contributed by atoms with Crippen LogP contribution < -0.4 is 23.8 Å². The number of aromatic nitrogens is 1. The van der Waals surface area contributed by atoms with Crippen LogP contribution in [0.4, 0.5) is 5.13 Å². The number of carbonyl (C=O) groups excluding carboxylic acids is 2. The van der Waals surface area contributed by atoms with E-state index in [-0.39, 0.29) is 11.3 Å². The molecular formula is C30H26N2O7S. The number of ketones is 1. The summed E-state index contributed by atoms with van der Waals surface area (Å²) in [4.78, 5) is 33.3. The van der Waals surface area contributed by atoms with Gasteiger partial charge in [-0.05, 0) is 60.5 Å². The first kappa shape index (κ1) is 25.7. The Morgan fingerprint density at radius 3 is 2.67 bits per heavy atom. The second kappa shape index (κ2) is 10.5. The number of ether oxygens (including phenoxy) is 4. The van der Waals surface area contributed by atoms with Gasteiger partial charge in [-0.15, -0.1) is 0 Å². The van der Waals surface area contributed by atoms with Crippen molar-refractivity contribution in [3.05, 3.63) is 77.4 Å². The SMILES string of the molecule is CCCOc1cccc([C@H]2/C(=C(\O)c3ccc4c(c3)OCCO4)C(=O)C(=O)N2c2nc3ccc(OC)cc3s2)c1. The highest BCUT2D eigenvalue weighted by atomic mass is 32.1. The molecule has 4 aromatic rings. The molecular weight excluding hydrogens is 532 g/mol. The Balaban J connectivity index is 1.52. The zero-order chi connectivity index (χ0) is 27.8. The first-order chi connectivity index (χ1) is 19.5. The molecule has 0 bridgehead atoms. The minimum absolute atomic E-state index is 0.0499. The molecule has 0 spiro atoms. The highest BCUT2D eigenvalue weighted by Crippen LogP contribution is 2.45. The Bertz CT molecular complexity index is 1660. The van der Waals surface area contributed by atoms with Crippen molar-refractivity contribution in [3.8, 4) is 23.0 Å². The van der Waals surface area contributed by atoms with Gasteiger partial charge in [-0.3, -0.25) is 14.5 Å². The number of hydrogen-bond acceptors (Lipinski definition) is 9. The number of anilines is 1. The minimum Gasteiger partial charge on any atom is -0.507 e. The zero-order valence-corrected chi connectivity index (χ0v) is 22.7. The number of carbonyl (C=O) groups is 2. The average Bonchev–Trinajstić information content (AvgIpc) is 3.52. The van der Waals surface area contributed by atoms with Gasteiger partial charge in [0.25, 0.3) is 5.78 Å². The molecule has 1 amide bonds. The predicted molar refractivity (Wildman–Crippen MR) is 151 cm³/mol. The van der Waals surface area contributed by atoms with Crippen LogP contribution in [0.25, 0.3) is 16.0 Å². The number of fused-ring (bicyclic) bond motifs is 2. The first-order valence-electron chi connectivity index (χ1n) is 12.9. The number of nitrogens with zero attached hydrogens (tertiary/aromatic N) is 2. The zero-order valence-electron chi connectivity index (χ0n) is 21.9. The molecule has 2 aliphatic rings. The van der Waals surface area contributed by atoms with Crippen LogP contribution in [-0.4, -0.2) is 48.7 Å². The van der Waals surface area contributed by atoms with E-state index in [0.29, 0.717) is 64.6 Å². The summed E-state index contributed by atoms with van der Waals surface area (Å²) in [6, 6.07) is 16.6. The number of rotatable bonds is 7. The van der Waals surface area contributed by atoms with Crippen molar-refractivity contribution in [2.45, 2.75) is 19.4 Å². The Morgan fingerprint density at radius 2 is 1.88 bits per heavy atom.